The molecule has 0 saturated heterocycles. The Morgan fingerprint density at radius 2 is 2.31 bits per heavy atom. The zero-order valence-corrected chi connectivity index (χ0v) is 6.57. The third-order valence-corrected chi connectivity index (χ3v) is 1.75. The highest BCUT2D eigenvalue weighted by atomic mass is 19.1. The molecule has 66 valence electrons. The van der Waals surface area contributed by atoms with E-state index in [1.54, 1.807) is 0 Å². The van der Waals surface area contributed by atoms with Crippen molar-refractivity contribution in [2.24, 2.45) is 5.73 Å². The largest absolute Gasteiger partial charge is 0.351 e. The molecule has 2 rings (SSSR count). The number of imidazole rings is 1. The van der Waals surface area contributed by atoms with E-state index in [0.29, 0.717) is 11.0 Å². The third-order valence-electron chi connectivity index (χ3n) is 1.75. The molecule has 0 atom stereocenters. The number of rotatable bonds is 0. The third kappa shape index (κ3) is 1.14. The maximum absolute atomic E-state index is 12.7. The van der Waals surface area contributed by atoms with Gasteiger partial charge in [0.15, 0.2) is 0 Å². The van der Waals surface area contributed by atoms with Gasteiger partial charge in [0.25, 0.3) is 0 Å². The van der Waals surface area contributed by atoms with Gasteiger partial charge in [-0.15, -0.1) is 0 Å². The Balaban J connectivity index is 2.76. The highest BCUT2D eigenvalue weighted by molar-refractivity contribution is 5.88. The molecule has 2 N–H and O–H groups in total. The van der Waals surface area contributed by atoms with Crippen LogP contribution in [0.1, 0.15) is 0 Å². The molecule has 0 aliphatic rings. The van der Waals surface area contributed by atoms with Crippen molar-refractivity contribution in [3.63, 3.8) is 0 Å². The van der Waals surface area contributed by atoms with Crippen LogP contribution in [0.3, 0.4) is 0 Å². The van der Waals surface area contributed by atoms with E-state index in [4.69, 9.17) is 5.73 Å². The van der Waals surface area contributed by atoms with Crippen molar-refractivity contribution in [3.8, 4) is 0 Å². The quantitative estimate of drug-likeness (QED) is 0.658. The van der Waals surface area contributed by atoms with Crippen molar-refractivity contribution < 1.29 is 9.18 Å². The van der Waals surface area contributed by atoms with E-state index >= 15 is 0 Å². The lowest BCUT2D eigenvalue weighted by Gasteiger charge is -1.95. The minimum absolute atomic E-state index is 0.387. The zero-order chi connectivity index (χ0) is 9.42. The minimum atomic E-state index is -0.630. The standard InChI is InChI=1S/C8H6FN3O/c9-5-1-2-7-6(3-5)11-4-12(7)8(10)13/h1-4H,(H2,10,13). The number of nitrogens with zero attached hydrogens (tertiary/aromatic N) is 2. The first-order valence-electron chi connectivity index (χ1n) is 3.61. The van der Waals surface area contributed by atoms with Crippen LogP contribution in [0.15, 0.2) is 24.5 Å². The van der Waals surface area contributed by atoms with Crippen molar-refractivity contribution in [3.05, 3.63) is 30.3 Å². The van der Waals surface area contributed by atoms with Gasteiger partial charge in [0, 0.05) is 6.07 Å². The average Bonchev–Trinajstić information content (AvgIpc) is 2.46. The summed E-state index contributed by atoms with van der Waals surface area (Å²) in [6, 6.07) is 3.33. The highest BCUT2D eigenvalue weighted by Gasteiger charge is 2.06. The number of fused-ring (bicyclic) bond motifs is 1. The number of aromatic nitrogens is 2. The average molecular weight is 179 g/mol. The lowest BCUT2D eigenvalue weighted by molar-refractivity contribution is 0.251. The van der Waals surface area contributed by atoms with E-state index in [9.17, 15) is 9.18 Å². The highest BCUT2D eigenvalue weighted by Crippen LogP contribution is 2.13. The molecule has 1 amide bonds. The topological polar surface area (TPSA) is 60.9 Å². The molecule has 0 aliphatic carbocycles. The molecular formula is C8H6FN3O. The molecule has 0 saturated carbocycles. The minimum Gasteiger partial charge on any atom is -0.351 e. The number of carbonyl (C=O) groups is 1. The summed E-state index contributed by atoms with van der Waals surface area (Å²) < 4.78 is 13.8. The molecular weight excluding hydrogens is 173 g/mol. The van der Waals surface area contributed by atoms with E-state index in [2.05, 4.69) is 4.98 Å². The van der Waals surface area contributed by atoms with Gasteiger partial charge in [-0.25, -0.2) is 14.2 Å². The van der Waals surface area contributed by atoms with Crippen LogP contribution in [0.5, 0.6) is 0 Å². The van der Waals surface area contributed by atoms with Gasteiger partial charge in [-0.1, -0.05) is 0 Å². The van der Waals surface area contributed by atoms with Crippen LogP contribution >= 0.6 is 0 Å². The molecule has 4 nitrogen and oxygen atoms in total. The molecule has 13 heavy (non-hydrogen) atoms. The van der Waals surface area contributed by atoms with Crippen LogP contribution in [0.25, 0.3) is 11.0 Å². The molecule has 5 heteroatoms. The summed E-state index contributed by atoms with van der Waals surface area (Å²) in [5.41, 5.74) is 5.98. The number of nitrogens with two attached hydrogens (primary N) is 1. The van der Waals surface area contributed by atoms with Gasteiger partial charge in [0.05, 0.1) is 11.0 Å². The van der Waals surface area contributed by atoms with Gasteiger partial charge in [-0.2, -0.15) is 0 Å². The molecule has 1 aromatic carbocycles. The summed E-state index contributed by atoms with van der Waals surface area (Å²) in [7, 11) is 0. The maximum atomic E-state index is 12.7. The van der Waals surface area contributed by atoms with E-state index in [-0.39, 0.29) is 5.82 Å². The van der Waals surface area contributed by atoms with Crippen molar-refractivity contribution >= 4 is 17.1 Å². The Hall–Kier alpha value is -1.91. The summed E-state index contributed by atoms with van der Waals surface area (Å²) in [4.78, 5) is 14.6. The summed E-state index contributed by atoms with van der Waals surface area (Å²) >= 11 is 0. The molecule has 0 radical (unpaired) electrons. The molecule has 0 bridgehead atoms. The van der Waals surface area contributed by atoms with E-state index in [1.165, 1.54) is 24.5 Å². The summed E-state index contributed by atoms with van der Waals surface area (Å²) in [5, 5.41) is 0. The number of amides is 1. The maximum Gasteiger partial charge on any atom is 0.324 e. The second kappa shape index (κ2) is 2.55. The molecule has 1 aromatic heterocycles. The van der Waals surface area contributed by atoms with Gasteiger partial charge in [0.1, 0.15) is 12.1 Å². The number of primary amides is 1. The predicted molar refractivity (Wildman–Crippen MR) is 44.7 cm³/mol. The lowest BCUT2D eigenvalue weighted by atomic mass is 10.3. The summed E-state index contributed by atoms with van der Waals surface area (Å²) in [5.74, 6) is -0.387. The SMILES string of the molecule is NC(=O)n1cnc2cc(F)ccc21. The first kappa shape index (κ1) is 7.72. The lowest BCUT2D eigenvalue weighted by Crippen LogP contribution is -2.18. The number of hydrogen-bond acceptors (Lipinski definition) is 2. The van der Waals surface area contributed by atoms with E-state index < -0.39 is 6.03 Å². The Kier molecular flexibility index (Phi) is 1.51. The van der Waals surface area contributed by atoms with Crippen LogP contribution in [0.2, 0.25) is 0 Å². The van der Waals surface area contributed by atoms with Crippen molar-refractivity contribution in [2.45, 2.75) is 0 Å². The molecule has 2 aromatic rings. The second-order valence-electron chi connectivity index (χ2n) is 2.59. The normalized spacial score (nSPS) is 10.5. The van der Waals surface area contributed by atoms with Gasteiger partial charge >= 0.3 is 6.03 Å². The fourth-order valence-electron chi connectivity index (χ4n) is 1.16. The Morgan fingerprint density at radius 3 is 3.00 bits per heavy atom. The van der Waals surface area contributed by atoms with Gasteiger partial charge in [-0.05, 0) is 12.1 Å². The Labute approximate surface area is 72.8 Å². The van der Waals surface area contributed by atoms with Gasteiger partial charge < -0.3 is 5.73 Å². The van der Waals surface area contributed by atoms with Crippen LogP contribution in [0, 0.1) is 5.82 Å². The van der Waals surface area contributed by atoms with Crippen LogP contribution < -0.4 is 5.73 Å². The summed E-state index contributed by atoms with van der Waals surface area (Å²) in [6.07, 6.45) is 1.27. The molecule has 0 unspecified atom stereocenters. The number of benzene rings is 1. The summed E-state index contributed by atoms with van der Waals surface area (Å²) in [6.45, 7) is 0. The van der Waals surface area contributed by atoms with Crippen LogP contribution in [-0.4, -0.2) is 15.6 Å². The molecule has 0 fully saturated rings. The Morgan fingerprint density at radius 1 is 1.54 bits per heavy atom. The number of hydrogen-bond donors (Lipinski definition) is 1. The predicted octanol–water partition coefficient (Wildman–Crippen LogP) is 1.10. The van der Waals surface area contributed by atoms with E-state index in [1.807, 2.05) is 0 Å². The fraction of sp³-hybridized carbons (Fsp3) is 0. The van der Waals surface area contributed by atoms with Crippen molar-refractivity contribution in [1.82, 2.24) is 9.55 Å². The van der Waals surface area contributed by atoms with Crippen LogP contribution in [-0.2, 0) is 0 Å². The van der Waals surface area contributed by atoms with Crippen molar-refractivity contribution in [2.75, 3.05) is 0 Å². The monoisotopic (exact) mass is 179 g/mol. The van der Waals surface area contributed by atoms with Gasteiger partial charge in [0.2, 0.25) is 0 Å². The fourth-order valence-corrected chi connectivity index (χ4v) is 1.16. The molecule has 0 aliphatic heterocycles. The van der Waals surface area contributed by atoms with Crippen molar-refractivity contribution in [1.29, 1.82) is 0 Å². The first-order valence-corrected chi connectivity index (χ1v) is 3.61. The molecule has 0 spiro atoms. The smallest absolute Gasteiger partial charge is 0.324 e. The van der Waals surface area contributed by atoms with Crippen LogP contribution in [0.4, 0.5) is 9.18 Å². The zero-order valence-electron chi connectivity index (χ0n) is 6.57. The Bertz CT molecular complexity index is 477. The molecule has 1 heterocycles. The number of halogens is 1. The number of carbonyl (C=O) groups excluding carboxylic acids is 1. The first-order chi connectivity index (χ1) is 6.18. The second-order valence-corrected chi connectivity index (χ2v) is 2.59. The van der Waals surface area contributed by atoms with Gasteiger partial charge in [-0.3, -0.25) is 4.57 Å². The van der Waals surface area contributed by atoms with E-state index in [0.717, 1.165) is 4.57 Å².